The van der Waals surface area contributed by atoms with Crippen molar-refractivity contribution in [3.05, 3.63) is 20.8 Å². The van der Waals surface area contributed by atoms with Crippen molar-refractivity contribution in [3.63, 3.8) is 0 Å². The Morgan fingerprint density at radius 3 is 2.72 bits per heavy atom. The summed E-state index contributed by atoms with van der Waals surface area (Å²) in [6.45, 7) is 5.21. The maximum Gasteiger partial charge on any atom is 0.0701 e. The molecule has 0 atom stereocenters. The van der Waals surface area contributed by atoms with E-state index in [0.29, 0.717) is 5.41 Å². The average Bonchev–Trinajstić information content (AvgIpc) is 2.78. The van der Waals surface area contributed by atoms with E-state index < -0.39 is 0 Å². The standard InChI is InChI=1S/C14H23BrN2S/c1-11-4-6-14(9-16,7-5-11)10-17-8-12-2-3-13(15)18-12/h2-3,11,17H,4-10,16H2,1H3. The third-order valence-corrected chi connectivity index (χ3v) is 5.82. The van der Waals surface area contributed by atoms with Gasteiger partial charge in [-0.15, -0.1) is 11.3 Å². The van der Waals surface area contributed by atoms with Crippen LogP contribution in [-0.4, -0.2) is 13.1 Å². The summed E-state index contributed by atoms with van der Waals surface area (Å²) in [4.78, 5) is 1.39. The first-order valence-corrected chi connectivity index (χ1v) is 8.39. The highest BCUT2D eigenvalue weighted by Crippen LogP contribution is 2.37. The molecule has 18 heavy (non-hydrogen) atoms. The summed E-state index contributed by atoms with van der Waals surface area (Å²) in [7, 11) is 0. The van der Waals surface area contributed by atoms with E-state index in [1.165, 1.54) is 34.3 Å². The first kappa shape index (κ1) is 14.5. The van der Waals surface area contributed by atoms with E-state index >= 15 is 0 Å². The quantitative estimate of drug-likeness (QED) is 0.862. The van der Waals surface area contributed by atoms with E-state index in [2.05, 4.69) is 40.3 Å². The monoisotopic (exact) mass is 330 g/mol. The number of rotatable bonds is 5. The maximum absolute atomic E-state index is 6.02. The SMILES string of the molecule is CC1CCC(CN)(CNCc2ccc(Br)s2)CC1. The molecule has 1 aromatic heterocycles. The van der Waals surface area contributed by atoms with Gasteiger partial charge in [0, 0.05) is 18.0 Å². The third kappa shape index (κ3) is 3.80. The predicted molar refractivity (Wildman–Crippen MR) is 82.8 cm³/mol. The highest BCUT2D eigenvalue weighted by molar-refractivity contribution is 9.11. The predicted octanol–water partition coefficient (Wildman–Crippen LogP) is 3.76. The fourth-order valence-corrected chi connectivity index (χ4v) is 4.18. The van der Waals surface area contributed by atoms with Gasteiger partial charge < -0.3 is 11.1 Å². The van der Waals surface area contributed by atoms with E-state index in [0.717, 1.165) is 25.6 Å². The van der Waals surface area contributed by atoms with Crippen LogP contribution >= 0.6 is 27.3 Å². The molecule has 0 amide bonds. The fraction of sp³-hybridized carbons (Fsp3) is 0.714. The largest absolute Gasteiger partial charge is 0.330 e. The van der Waals surface area contributed by atoms with Crippen molar-refractivity contribution in [3.8, 4) is 0 Å². The van der Waals surface area contributed by atoms with Gasteiger partial charge >= 0.3 is 0 Å². The number of nitrogens with two attached hydrogens (primary N) is 1. The van der Waals surface area contributed by atoms with Crippen LogP contribution in [0.2, 0.25) is 0 Å². The van der Waals surface area contributed by atoms with Gasteiger partial charge in [-0.25, -0.2) is 0 Å². The van der Waals surface area contributed by atoms with Crippen molar-refractivity contribution in [1.82, 2.24) is 5.32 Å². The number of hydrogen-bond acceptors (Lipinski definition) is 3. The van der Waals surface area contributed by atoms with Gasteiger partial charge in [0.2, 0.25) is 0 Å². The zero-order valence-corrected chi connectivity index (χ0v) is 13.4. The molecule has 1 aromatic rings. The molecule has 1 heterocycles. The maximum atomic E-state index is 6.02. The number of thiophene rings is 1. The lowest BCUT2D eigenvalue weighted by Crippen LogP contribution is -2.42. The summed E-state index contributed by atoms with van der Waals surface area (Å²) in [5, 5.41) is 3.60. The molecule has 1 aliphatic carbocycles. The van der Waals surface area contributed by atoms with Crippen molar-refractivity contribution < 1.29 is 0 Å². The minimum atomic E-state index is 0.348. The molecule has 1 saturated carbocycles. The molecule has 3 N–H and O–H groups in total. The molecule has 0 bridgehead atoms. The van der Waals surface area contributed by atoms with Crippen molar-refractivity contribution in [2.45, 2.75) is 39.2 Å². The molecule has 0 radical (unpaired) electrons. The van der Waals surface area contributed by atoms with Crippen LogP contribution in [0.5, 0.6) is 0 Å². The number of halogens is 1. The van der Waals surface area contributed by atoms with Crippen LogP contribution in [0.25, 0.3) is 0 Å². The van der Waals surface area contributed by atoms with Gasteiger partial charge in [0.15, 0.2) is 0 Å². The minimum Gasteiger partial charge on any atom is -0.330 e. The molecule has 0 aliphatic heterocycles. The molecule has 0 unspecified atom stereocenters. The Morgan fingerprint density at radius 2 is 2.17 bits per heavy atom. The Hall–Kier alpha value is 0.1000. The summed E-state index contributed by atoms with van der Waals surface area (Å²) in [5.41, 5.74) is 6.37. The Bertz CT molecular complexity index is 370. The number of nitrogens with one attached hydrogen (secondary N) is 1. The van der Waals surface area contributed by atoms with Gasteiger partial charge in [-0.1, -0.05) is 19.8 Å². The Balaban J connectivity index is 1.80. The molecular formula is C14H23BrN2S. The van der Waals surface area contributed by atoms with Crippen LogP contribution in [0.15, 0.2) is 15.9 Å². The lowest BCUT2D eigenvalue weighted by molar-refractivity contribution is 0.159. The molecule has 0 aromatic carbocycles. The Kier molecular flexibility index (Phi) is 5.24. The van der Waals surface area contributed by atoms with E-state index in [1.807, 2.05) is 0 Å². The van der Waals surface area contributed by atoms with Crippen molar-refractivity contribution in [1.29, 1.82) is 0 Å². The van der Waals surface area contributed by atoms with E-state index in [-0.39, 0.29) is 0 Å². The summed E-state index contributed by atoms with van der Waals surface area (Å²) in [6, 6.07) is 4.29. The molecule has 1 fully saturated rings. The second kappa shape index (κ2) is 6.51. The Labute approximate surface area is 122 Å². The zero-order valence-electron chi connectivity index (χ0n) is 11.0. The highest BCUT2D eigenvalue weighted by atomic mass is 79.9. The van der Waals surface area contributed by atoms with Crippen LogP contribution in [0.4, 0.5) is 0 Å². The average molecular weight is 331 g/mol. The molecule has 0 saturated heterocycles. The van der Waals surface area contributed by atoms with Crippen LogP contribution in [0.3, 0.4) is 0 Å². The smallest absolute Gasteiger partial charge is 0.0701 e. The van der Waals surface area contributed by atoms with Crippen LogP contribution in [0.1, 0.15) is 37.5 Å². The van der Waals surface area contributed by atoms with Crippen molar-refractivity contribution in [2.75, 3.05) is 13.1 Å². The summed E-state index contributed by atoms with van der Waals surface area (Å²) in [6.07, 6.45) is 5.24. The molecule has 4 heteroatoms. The second-order valence-electron chi connectivity index (χ2n) is 5.70. The second-order valence-corrected chi connectivity index (χ2v) is 8.24. The van der Waals surface area contributed by atoms with Gasteiger partial charge in [-0.2, -0.15) is 0 Å². The van der Waals surface area contributed by atoms with Crippen LogP contribution in [-0.2, 0) is 6.54 Å². The van der Waals surface area contributed by atoms with Crippen LogP contribution < -0.4 is 11.1 Å². The summed E-state index contributed by atoms with van der Waals surface area (Å²) >= 11 is 5.31. The zero-order chi connectivity index (χ0) is 13.0. The minimum absolute atomic E-state index is 0.348. The van der Waals surface area contributed by atoms with E-state index in [9.17, 15) is 0 Å². The van der Waals surface area contributed by atoms with E-state index in [4.69, 9.17) is 5.73 Å². The van der Waals surface area contributed by atoms with Gasteiger partial charge in [-0.05, 0) is 58.8 Å². The normalized spacial score (nSPS) is 28.5. The molecule has 0 spiro atoms. The topological polar surface area (TPSA) is 38.0 Å². The fourth-order valence-electron chi connectivity index (χ4n) is 2.73. The van der Waals surface area contributed by atoms with Gasteiger partial charge in [-0.3, -0.25) is 0 Å². The molecular weight excluding hydrogens is 308 g/mol. The van der Waals surface area contributed by atoms with Crippen molar-refractivity contribution in [2.24, 2.45) is 17.1 Å². The molecule has 102 valence electrons. The van der Waals surface area contributed by atoms with Crippen molar-refractivity contribution >= 4 is 27.3 Å². The number of hydrogen-bond donors (Lipinski definition) is 2. The highest BCUT2D eigenvalue weighted by Gasteiger charge is 2.32. The molecule has 2 nitrogen and oxygen atoms in total. The molecule has 1 aliphatic rings. The summed E-state index contributed by atoms with van der Waals surface area (Å²) < 4.78 is 1.21. The lowest BCUT2D eigenvalue weighted by atomic mass is 9.71. The van der Waals surface area contributed by atoms with Gasteiger partial charge in [0.05, 0.1) is 3.79 Å². The third-order valence-electron chi connectivity index (χ3n) is 4.20. The first-order chi connectivity index (χ1) is 8.63. The Morgan fingerprint density at radius 1 is 1.44 bits per heavy atom. The van der Waals surface area contributed by atoms with Gasteiger partial charge in [0.1, 0.15) is 0 Å². The molecule has 2 rings (SSSR count). The summed E-state index contributed by atoms with van der Waals surface area (Å²) in [5.74, 6) is 0.887. The van der Waals surface area contributed by atoms with E-state index in [1.54, 1.807) is 11.3 Å². The first-order valence-electron chi connectivity index (χ1n) is 6.78. The lowest BCUT2D eigenvalue weighted by Gasteiger charge is -2.38. The van der Waals surface area contributed by atoms with Crippen LogP contribution in [0, 0.1) is 11.3 Å². The van der Waals surface area contributed by atoms with Gasteiger partial charge in [0.25, 0.3) is 0 Å².